The summed E-state index contributed by atoms with van der Waals surface area (Å²) in [5.41, 5.74) is 2.73. The van der Waals surface area contributed by atoms with Crippen LogP contribution in [0, 0.1) is 0 Å². The maximum Gasteiger partial charge on any atom is 0.211 e. The Morgan fingerprint density at radius 3 is 2.50 bits per heavy atom. The van der Waals surface area contributed by atoms with Gasteiger partial charge >= 0.3 is 0 Å². The van der Waals surface area contributed by atoms with E-state index in [0.717, 1.165) is 38.9 Å². The van der Waals surface area contributed by atoms with Gasteiger partial charge in [-0.2, -0.15) is 0 Å². The molecular weight excluding hydrogens is 296 g/mol. The molecule has 1 aromatic rings. The van der Waals surface area contributed by atoms with Gasteiger partial charge in [0.25, 0.3) is 0 Å². The van der Waals surface area contributed by atoms with Crippen molar-refractivity contribution in [1.29, 1.82) is 0 Å². The molecule has 0 aliphatic carbocycles. The number of hydrogen-bond acceptors (Lipinski definition) is 3. The minimum absolute atomic E-state index is 0.106. The summed E-state index contributed by atoms with van der Waals surface area (Å²) in [4.78, 5) is 2.42. The number of likely N-dealkylation sites (tertiary alicyclic amines) is 1. The third-order valence-corrected chi connectivity index (χ3v) is 5.85. The highest BCUT2D eigenvalue weighted by Crippen LogP contribution is 2.15. The van der Waals surface area contributed by atoms with Gasteiger partial charge in [0, 0.05) is 25.7 Å². The first-order chi connectivity index (χ1) is 10.5. The summed E-state index contributed by atoms with van der Waals surface area (Å²) in [5.74, 6) is 0.233. The molecule has 1 aliphatic heterocycles. The second-order valence-electron chi connectivity index (χ2n) is 6.16. The number of piperidine rings is 1. The van der Waals surface area contributed by atoms with Gasteiger partial charge in [-0.25, -0.2) is 13.1 Å². The molecule has 1 fully saturated rings. The molecular formula is C17H28N2O2S. The molecule has 0 spiro atoms. The third-order valence-electron chi connectivity index (χ3n) is 4.21. The van der Waals surface area contributed by atoms with E-state index in [1.165, 1.54) is 11.1 Å². The Kier molecular flexibility index (Phi) is 6.41. The van der Waals surface area contributed by atoms with Crippen LogP contribution in [0.2, 0.25) is 0 Å². The Balaban J connectivity index is 1.82. The number of benzene rings is 1. The molecule has 2 rings (SSSR count). The first kappa shape index (κ1) is 17.4. The topological polar surface area (TPSA) is 49.4 Å². The van der Waals surface area contributed by atoms with E-state index in [1.807, 2.05) is 6.92 Å². The largest absolute Gasteiger partial charge is 0.299 e. The number of nitrogens with zero attached hydrogens (tertiary/aromatic N) is 1. The lowest BCUT2D eigenvalue weighted by Crippen LogP contribution is -2.44. The van der Waals surface area contributed by atoms with Gasteiger partial charge in [-0.15, -0.1) is 0 Å². The molecule has 1 N–H and O–H groups in total. The molecule has 0 amide bonds. The van der Waals surface area contributed by atoms with Crippen LogP contribution in [0.15, 0.2) is 24.3 Å². The standard InChI is InChI=1S/C17H28N2O2S/c1-3-12-22(20,21)18-17-8-10-19(11-9-17)14-16-7-5-6-15(4-2)13-16/h5-7,13,17-18H,3-4,8-12,14H2,1-2H3. The van der Waals surface area contributed by atoms with E-state index < -0.39 is 10.0 Å². The Hall–Kier alpha value is -0.910. The second-order valence-corrected chi connectivity index (χ2v) is 8.03. The van der Waals surface area contributed by atoms with Gasteiger partial charge in [0.15, 0.2) is 0 Å². The fourth-order valence-corrected chi connectivity index (χ4v) is 4.40. The molecule has 1 saturated heterocycles. The SMILES string of the molecule is CCCS(=O)(=O)NC1CCN(Cc2cccc(CC)c2)CC1. The highest BCUT2D eigenvalue weighted by atomic mass is 32.2. The minimum Gasteiger partial charge on any atom is -0.299 e. The van der Waals surface area contributed by atoms with Crippen molar-refractivity contribution >= 4 is 10.0 Å². The van der Waals surface area contributed by atoms with Crippen molar-refractivity contribution in [3.8, 4) is 0 Å². The summed E-state index contributed by atoms with van der Waals surface area (Å²) >= 11 is 0. The number of aryl methyl sites for hydroxylation is 1. The zero-order valence-corrected chi connectivity index (χ0v) is 14.5. The van der Waals surface area contributed by atoms with Gasteiger partial charge < -0.3 is 0 Å². The molecule has 4 nitrogen and oxygen atoms in total. The smallest absolute Gasteiger partial charge is 0.211 e. The number of rotatable bonds is 7. The molecule has 124 valence electrons. The molecule has 1 aliphatic rings. The van der Waals surface area contributed by atoms with Gasteiger partial charge in [0.1, 0.15) is 0 Å². The fraction of sp³-hybridized carbons (Fsp3) is 0.647. The zero-order chi connectivity index (χ0) is 16.0. The predicted octanol–water partition coefficient (Wildman–Crippen LogP) is 2.54. The van der Waals surface area contributed by atoms with Crippen LogP contribution in [0.5, 0.6) is 0 Å². The molecule has 0 unspecified atom stereocenters. The van der Waals surface area contributed by atoms with Crippen molar-refractivity contribution in [2.24, 2.45) is 0 Å². The number of hydrogen-bond donors (Lipinski definition) is 1. The van der Waals surface area contributed by atoms with E-state index in [-0.39, 0.29) is 11.8 Å². The molecule has 1 heterocycles. The lowest BCUT2D eigenvalue weighted by atomic mass is 10.0. The van der Waals surface area contributed by atoms with Crippen molar-refractivity contribution in [3.05, 3.63) is 35.4 Å². The quantitative estimate of drug-likeness (QED) is 0.838. The van der Waals surface area contributed by atoms with Crippen LogP contribution in [-0.4, -0.2) is 38.2 Å². The predicted molar refractivity (Wildman–Crippen MR) is 91.3 cm³/mol. The average Bonchev–Trinajstić information content (AvgIpc) is 2.49. The molecule has 22 heavy (non-hydrogen) atoms. The lowest BCUT2D eigenvalue weighted by Gasteiger charge is -2.32. The fourth-order valence-electron chi connectivity index (χ4n) is 3.00. The van der Waals surface area contributed by atoms with E-state index in [2.05, 4.69) is 40.8 Å². The Morgan fingerprint density at radius 2 is 1.86 bits per heavy atom. The van der Waals surface area contributed by atoms with E-state index in [1.54, 1.807) is 0 Å². The van der Waals surface area contributed by atoms with Crippen molar-refractivity contribution in [3.63, 3.8) is 0 Å². The van der Waals surface area contributed by atoms with Crippen LogP contribution in [0.3, 0.4) is 0 Å². The first-order valence-corrected chi connectivity index (χ1v) is 9.97. The van der Waals surface area contributed by atoms with E-state index in [4.69, 9.17) is 0 Å². The van der Waals surface area contributed by atoms with Gasteiger partial charge in [-0.1, -0.05) is 38.1 Å². The maximum atomic E-state index is 11.8. The van der Waals surface area contributed by atoms with Crippen LogP contribution in [0.1, 0.15) is 44.2 Å². The van der Waals surface area contributed by atoms with Gasteiger partial charge in [-0.3, -0.25) is 4.90 Å². The zero-order valence-electron chi connectivity index (χ0n) is 13.7. The highest BCUT2D eigenvalue weighted by Gasteiger charge is 2.23. The minimum atomic E-state index is -3.09. The summed E-state index contributed by atoms with van der Waals surface area (Å²) in [6.07, 6.45) is 3.53. The molecule has 0 atom stereocenters. The van der Waals surface area contributed by atoms with Crippen LogP contribution in [-0.2, 0) is 23.0 Å². The van der Waals surface area contributed by atoms with Gasteiger partial charge in [-0.05, 0) is 36.8 Å². The van der Waals surface area contributed by atoms with E-state index >= 15 is 0 Å². The summed E-state index contributed by atoms with van der Waals surface area (Å²) in [5, 5.41) is 0. The summed E-state index contributed by atoms with van der Waals surface area (Å²) < 4.78 is 26.5. The first-order valence-electron chi connectivity index (χ1n) is 8.32. The Morgan fingerprint density at radius 1 is 1.18 bits per heavy atom. The number of sulfonamides is 1. The molecule has 0 bridgehead atoms. The lowest BCUT2D eigenvalue weighted by molar-refractivity contribution is 0.200. The van der Waals surface area contributed by atoms with E-state index in [0.29, 0.717) is 6.42 Å². The maximum absolute atomic E-state index is 11.8. The summed E-state index contributed by atoms with van der Waals surface area (Å²) in [6, 6.07) is 8.85. The van der Waals surface area contributed by atoms with Gasteiger partial charge in [0.2, 0.25) is 10.0 Å². The highest BCUT2D eigenvalue weighted by molar-refractivity contribution is 7.89. The third kappa shape index (κ3) is 5.38. The molecule has 0 aromatic heterocycles. The van der Waals surface area contributed by atoms with Gasteiger partial charge in [0.05, 0.1) is 5.75 Å². The summed E-state index contributed by atoms with van der Waals surface area (Å²) in [6.45, 7) is 6.94. The number of nitrogens with one attached hydrogen (secondary N) is 1. The van der Waals surface area contributed by atoms with Crippen molar-refractivity contribution in [2.75, 3.05) is 18.8 Å². The molecule has 5 heteroatoms. The van der Waals surface area contributed by atoms with Crippen LogP contribution in [0.4, 0.5) is 0 Å². The second kappa shape index (κ2) is 8.09. The van der Waals surface area contributed by atoms with Crippen LogP contribution in [0.25, 0.3) is 0 Å². The van der Waals surface area contributed by atoms with Crippen LogP contribution >= 0.6 is 0 Å². The molecule has 0 radical (unpaired) electrons. The van der Waals surface area contributed by atoms with Crippen molar-refractivity contribution in [1.82, 2.24) is 9.62 Å². The monoisotopic (exact) mass is 324 g/mol. The molecule has 1 aromatic carbocycles. The molecule has 0 saturated carbocycles. The normalized spacial score (nSPS) is 17.7. The van der Waals surface area contributed by atoms with E-state index in [9.17, 15) is 8.42 Å². The Labute approximate surface area is 135 Å². The average molecular weight is 324 g/mol. The van der Waals surface area contributed by atoms with Crippen molar-refractivity contribution < 1.29 is 8.42 Å². The van der Waals surface area contributed by atoms with Crippen molar-refractivity contribution in [2.45, 2.75) is 52.1 Å². The van der Waals surface area contributed by atoms with Crippen LogP contribution < -0.4 is 4.72 Å². The summed E-state index contributed by atoms with van der Waals surface area (Å²) in [7, 11) is -3.09. The Bertz CT molecular complexity index is 564.